The first-order valence-electron chi connectivity index (χ1n) is 5.68. The van der Waals surface area contributed by atoms with Crippen LogP contribution in [0.3, 0.4) is 0 Å². The number of carboxylic acids is 1. The van der Waals surface area contributed by atoms with Crippen molar-refractivity contribution in [2.45, 2.75) is 13.0 Å². The van der Waals surface area contributed by atoms with E-state index in [1.165, 1.54) is 17.4 Å². The van der Waals surface area contributed by atoms with Crippen molar-refractivity contribution < 1.29 is 19.5 Å². The average molecular weight is 249 g/mol. The van der Waals surface area contributed by atoms with E-state index in [-0.39, 0.29) is 35.9 Å². The van der Waals surface area contributed by atoms with Gasteiger partial charge in [0.25, 0.3) is 0 Å². The Labute approximate surface area is 102 Å². The minimum absolute atomic E-state index is 0.0445. The molecule has 0 spiro atoms. The molecule has 1 aromatic rings. The lowest BCUT2D eigenvalue weighted by Gasteiger charge is -2.16. The molecule has 2 fully saturated rings. The number of imidazole rings is 1. The van der Waals surface area contributed by atoms with Gasteiger partial charge in [0.1, 0.15) is 0 Å². The summed E-state index contributed by atoms with van der Waals surface area (Å²) in [5, 5.41) is 8.71. The van der Waals surface area contributed by atoms with E-state index in [1.54, 1.807) is 4.57 Å². The Morgan fingerprint density at radius 3 is 2.56 bits per heavy atom. The Kier molecular flexibility index (Phi) is 2.22. The monoisotopic (exact) mass is 249 g/mol. The van der Waals surface area contributed by atoms with Crippen molar-refractivity contribution in [1.82, 2.24) is 14.5 Å². The smallest absolute Gasteiger partial charge is 0.356 e. The van der Waals surface area contributed by atoms with Gasteiger partial charge in [0, 0.05) is 19.3 Å². The van der Waals surface area contributed by atoms with Crippen molar-refractivity contribution in [3.8, 4) is 0 Å². The van der Waals surface area contributed by atoms with Crippen molar-refractivity contribution >= 4 is 17.8 Å². The van der Waals surface area contributed by atoms with Crippen LogP contribution in [-0.4, -0.2) is 43.9 Å². The summed E-state index contributed by atoms with van der Waals surface area (Å²) < 4.78 is 1.56. The topological polar surface area (TPSA) is 92.5 Å². The van der Waals surface area contributed by atoms with Crippen LogP contribution in [0.1, 0.15) is 16.9 Å². The molecular formula is C11H11N3O4. The van der Waals surface area contributed by atoms with E-state index in [9.17, 15) is 14.4 Å². The Morgan fingerprint density at radius 2 is 2.00 bits per heavy atom. The quantitative estimate of drug-likeness (QED) is 0.732. The number of hydrogen-bond donors (Lipinski definition) is 1. The van der Waals surface area contributed by atoms with Gasteiger partial charge in [0.05, 0.1) is 18.2 Å². The zero-order chi connectivity index (χ0) is 12.9. The maximum atomic E-state index is 11.7. The van der Waals surface area contributed by atoms with Gasteiger partial charge < -0.3 is 9.67 Å². The molecule has 18 heavy (non-hydrogen) atoms. The zero-order valence-electron chi connectivity index (χ0n) is 9.44. The van der Waals surface area contributed by atoms with Gasteiger partial charge in [-0.1, -0.05) is 0 Å². The zero-order valence-corrected chi connectivity index (χ0v) is 9.44. The SMILES string of the molecule is O=C(O)c1cn(CCN2C(=O)C3CC3C2=O)cn1. The highest BCUT2D eigenvalue weighted by Gasteiger charge is 2.58. The number of nitrogens with zero attached hydrogens (tertiary/aromatic N) is 3. The van der Waals surface area contributed by atoms with Crippen LogP contribution < -0.4 is 0 Å². The maximum Gasteiger partial charge on any atom is 0.356 e. The molecule has 2 atom stereocenters. The maximum absolute atomic E-state index is 11.7. The molecule has 2 amide bonds. The largest absolute Gasteiger partial charge is 0.476 e. The van der Waals surface area contributed by atoms with E-state index in [0.717, 1.165) is 0 Å². The van der Waals surface area contributed by atoms with Gasteiger partial charge in [-0.05, 0) is 6.42 Å². The number of carbonyl (C=O) groups excluding carboxylic acids is 2. The predicted octanol–water partition coefficient (Wildman–Crippen LogP) is -0.414. The summed E-state index contributed by atoms with van der Waals surface area (Å²) in [5.41, 5.74) is -0.0445. The first-order chi connectivity index (χ1) is 8.58. The highest BCUT2D eigenvalue weighted by Crippen LogP contribution is 2.46. The molecule has 3 rings (SSSR count). The van der Waals surface area contributed by atoms with Gasteiger partial charge in [0.15, 0.2) is 5.69 Å². The molecule has 7 heteroatoms. The third-order valence-electron chi connectivity index (χ3n) is 3.39. The molecule has 0 aromatic carbocycles. The van der Waals surface area contributed by atoms with Crippen LogP contribution in [0.2, 0.25) is 0 Å². The Bertz CT molecular complexity index is 530. The van der Waals surface area contributed by atoms with Crippen LogP contribution in [0.15, 0.2) is 12.5 Å². The van der Waals surface area contributed by atoms with Crippen molar-refractivity contribution in [2.75, 3.05) is 6.54 Å². The van der Waals surface area contributed by atoms with Gasteiger partial charge in [-0.15, -0.1) is 0 Å². The number of carboxylic acid groups (broad SMARTS) is 1. The van der Waals surface area contributed by atoms with Gasteiger partial charge >= 0.3 is 5.97 Å². The number of aromatic carboxylic acids is 1. The molecule has 2 aliphatic rings. The molecule has 0 bridgehead atoms. The minimum atomic E-state index is -1.09. The molecule has 1 saturated carbocycles. The standard InChI is InChI=1S/C11H11N3O4/c15-9-6-3-7(6)10(16)14(9)2-1-13-4-8(11(17)18)12-5-13/h4-7H,1-3H2,(H,17,18). The Balaban J connectivity index is 1.62. The summed E-state index contributed by atoms with van der Waals surface area (Å²) in [6.45, 7) is 0.650. The highest BCUT2D eigenvalue weighted by atomic mass is 16.4. The van der Waals surface area contributed by atoms with E-state index in [1.807, 2.05) is 0 Å². The van der Waals surface area contributed by atoms with Crippen molar-refractivity contribution in [3.63, 3.8) is 0 Å². The van der Waals surface area contributed by atoms with E-state index in [0.29, 0.717) is 13.0 Å². The molecule has 1 aromatic heterocycles. The molecule has 1 aliphatic heterocycles. The summed E-state index contributed by atoms with van der Waals surface area (Å²) >= 11 is 0. The van der Waals surface area contributed by atoms with E-state index in [4.69, 9.17) is 5.11 Å². The minimum Gasteiger partial charge on any atom is -0.476 e. The molecule has 1 N–H and O–H groups in total. The van der Waals surface area contributed by atoms with Crippen LogP contribution in [0.25, 0.3) is 0 Å². The molecule has 1 aliphatic carbocycles. The van der Waals surface area contributed by atoms with E-state index < -0.39 is 5.97 Å². The molecule has 7 nitrogen and oxygen atoms in total. The van der Waals surface area contributed by atoms with Crippen molar-refractivity contribution in [3.05, 3.63) is 18.2 Å². The van der Waals surface area contributed by atoms with E-state index >= 15 is 0 Å². The van der Waals surface area contributed by atoms with Gasteiger partial charge in [0.2, 0.25) is 11.8 Å². The fraction of sp³-hybridized carbons (Fsp3) is 0.455. The third kappa shape index (κ3) is 1.59. The number of amides is 2. The van der Waals surface area contributed by atoms with Crippen molar-refractivity contribution in [1.29, 1.82) is 0 Å². The second-order valence-corrected chi connectivity index (χ2v) is 4.58. The summed E-state index contributed by atoms with van der Waals surface area (Å²) in [7, 11) is 0. The van der Waals surface area contributed by atoms with Crippen LogP contribution in [0.4, 0.5) is 0 Å². The van der Waals surface area contributed by atoms with Crippen LogP contribution in [0.5, 0.6) is 0 Å². The lowest BCUT2D eigenvalue weighted by molar-refractivity contribution is -0.141. The number of imide groups is 1. The number of carbonyl (C=O) groups is 3. The van der Waals surface area contributed by atoms with Crippen LogP contribution in [0, 0.1) is 11.8 Å². The van der Waals surface area contributed by atoms with Gasteiger partial charge in [-0.25, -0.2) is 9.78 Å². The number of likely N-dealkylation sites (tertiary alicyclic amines) is 1. The number of hydrogen-bond acceptors (Lipinski definition) is 4. The number of fused-ring (bicyclic) bond motifs is 1. The first kappa shape index (κ1) is 10.9. The molecule has 0 radical (unpaired) electrons. The Morgan fingerprint density at radius 1 is 1.33 bits per heavy atom. The Hall–Kier alpha value is -2.18. The fourth-order valence-corrected chi connectivity index (χ4v) is 2.28. The van der Waals surface area contributed by atoms with Gasteiger partial charge in [-0.3, -0.25) is 14.5 Å². The normalized spacial score (nSPS) is 25.4. The first-order valence-corrected chi connectivity index (χ1v) is 5.68. The fourth-order valence-electron chi connectivity index (χ4n) is 2.28. The van der Waals surface area contributed by atoms with E-state index in [2.05, 4.69) is 4.98 Å². The summed E-state index contributed by atoms with van der Waals surface area (Å²) in [6.07, 6.45) is 3.46. The van der Waals surface area contributed by atoms with Gasteiger partial charge in [-0.2, -0.15) is 0 Å². The lowest BCUT2D eigenvalue weighted by atomic mass is 10.4. The predicted molar refractivity (Wildman–Crippen MR) is 57.5 cm³/mol. The number of aromatic nitrogens is 2. The summed E-state index contributed by atoms with van der Waals surface area (Å²) in [4.78, 5) is 39.0. The second kappa shape index (κ2) is 3.66. The van der Waals surface area contributed by atoms with Crippen LogP contribution >= 0.6 is 0 Å². The van der Waals surface area contributed by atoms with Crippen LogP contribution in [-0.2, 0) is 16.1 Å². The lowest BCUT2D eigenvalue weighted by Crippen LogP contribution is -2.35. The second-order valence-electron chi connectivity index (χ2n) is 4.58. The number of rotatable bonds is 4. The third-order valence-corrected chi connectivity index (χ3v) is 3.39. The molecule has 1 saturated heterocycles. The average Bonchev–Trinajstić information content (AvgIpc) is 2.92. The molecule has 94 valence electrons. The summed E-state index contributed by atoms with van der Waals surface area (Å²) in [6, 6.07) is 0. The summed E-state index contributed by atoms with van der Waals surface area (Å²) in [5.74, 6) is -1.46. The molecule has 2 unspecified atom stereocenters. The van der Waals surface area contributed by atoms with Crippen molar-refractivity contribution in [2.24, 2.45) is 11.8 Å². The molecular weight excluding hydrogens is 238 g/mol. The number of piperidine rings is 1. The molecule has 2 heterocycles. The highest BCUT2D eigenvalue weighted by molar-refractivity contribution is 6.08.